The monoisotopic (exact) mass is 283 g/mol. The van der Waals surface area contributed by atoms with Gasteiger partial charge in [-0.2, -0.15) is 0 Å². The first kappa shape index (κ1) is 15.1. The zero-order valence-corrected chi connectivity index (χ0v) is 12.3. The largest absolute Gasteiger partial charge is 0.489 e. The van der Waals surface area contributed by atoms with Crippen LogP contribution in [0, 0.1) is 0 Å². The van der Waals surface area contributed by atoms with Crippen LogP contribution in [-0.2, 0) is 11.4 Å². The maximum Gasteiger partial charge on any atom is 0.218 e. The average Bonchev–Trinajstić information content (AvgIpc) is 2.52. The van der Waals surface area contributed by atoms with E-state index in [1.54, 1.807) is 0 Å². The van der Waals surface area contributed by atoms with Crippen molar-refractivity contribution in [3.63, 3.8) is 0 Å². The fourth-order valence-electron chi connectivity index (χ4n) is 2.34. The van der Waals surface area contributed by atoms with E-state index in [-0.39, 0.29) is 11.8 Å². The summed E-state index contributed by atoms with van der Waals surface area (Å²) < 4.78 is 5.82. The highest BCUT2D eigenvalue weighted by atomic mass is 16.5. The van der Waals surface area contributed by atoms with E-state index in [2.05, 4.69) is 6.92 Å². The molecule has 0 saturated carbocycles. The fourth-order valence-corrected chi connectivity index (χ4v) is 2.34. The number of ether oxygens (including phenoxy) is 1. The van der Waals surface area contributed by atoms with Crippen molar-refractivity contribution >= 4 is 5.91 Å². The molecule has 1 atom stereocenters. The van der Waals surface area contributed by atoms with Gasteiger partial charge < -0.3 is 10.5 Å². The molecule has 0 radical (unpaired) electrons. The van der Waals surface area contributed by atoms with Crippen molar-refractivity contribution in [1.29, 1.82) is 0 Å². The molecule has 2 N–H and O–H groups in total. The van der Waals surface area contributed by atoms with Crippen LogP contribution in [-0.4, -0.2) is 5.91 Å². The lowest BCUT2D eigenvalue weighted by Gasteiger charge is -2.15. The maximum absolute atomic E-state index is 11.1. The lowest BCUT2D eigenvalue weighted by Crippen LogP contribution is -2.15. The summed E-state index contributed by atoms with van der Waals surface area (Å²) in [6, 6.07) is 18.0. The van der Waals surface area contributed by atoms with Gasteiger partial charge in [-0.1, -0.05) is 49.4 Å². The van der Waals surface area contributed by atoms with Gasteiger partial charge in [0.05, 0.1) is 0 Å². The molecule has 0 aliphatic heterocycles. The summed E-state index contributed by atoms with van der Waals surface area (Å²) in [6.45, 7) is 2.60. The van der Waals surface area contributed by atoms with Gasteiger partial charge in [-0.15, -0.1) is 0 Å². The molecule has 0 unspecified atom stereocenters. The summed E-state index contributed by atoms with van der Waals surface area (Å²) in [4.78, 5) is 11.1. The van der Waals surface area contributed by atoms with Gasteiger partial charge in [0, 0.05) is 6.42 Å². The zero-order chi connectivity index (χ0) is 15.1. The number of nitrogens with two attached hydrogens (primary N) is 1. The minimum absolute atomic E-state index is 0.155. The van der Waals surface area contributed by atoms with Crippen LogP contribution < -0.4 is 10.5 Å². The zero-order valence-electron chi connectivity index (χ0n) is 12.3. The van der Waals surface area contributed by atoms with Gasteiger partial charge in [-0.25, -0.2) is 0 Å². The lowest BCUT2D eigenvalue weighted by molar-refractivity contribution is -0.118. The summed E-state index contributed by atoms with van der Waals surface area (Å²) in [6.07, 6.45) is 1.25. The molecule has 2 aromatic rings. The third-order valence-corrected chi connectivity index (χ3v) is 3.52. The van der Waals surface area contributed by atoms with E-state index >= 15 is 0 Å². The summed E-state index contributed by atoms with van der Waals surface area (Å²) in [5, 5.41) is 0. The molecular formula is C18H21NO2. The molecule has 0 aliphatic carbocycles. The van der Waals surface area contributed by atoms with Crippen molar-refractivity contribution in [2.45, 2.75) is 32.3 Å². The van der Waals surface area contributed by atoms with E-state index in [1.807, 2.05) is 54.6 Å². The number of hydrogen-bond donors (Lipinski definition) is 1. The Bertz CT molecular complexity index is 581. The molecule has 2 rings (SSSR count). The molecule has 0 saturated heterocycles. The third-order valence-electron chi connectivity index (χ3n) is 3.52. The second-order valence-electron chi connectivity index (χ2n) is 5.12. The number of amides is 1. The van der Waals surface area contributed by atoms with Crippen molar-refractivity contribution in [3.8, 4) is 5.75 Å². The van der Waals surface area contributed by atoms with Gasteiger partial charge >= 0.3 is 0 Å². The van der Waals surface area contributed by atoms with Crippen molar-refractivity contribution in [2.24, 2.45) is 5.73 Å². The van der Waals surface area contributed by atoms with Crippen LogP contribution in [0.1, 0.15) is 36.8 Å². The SMILES string of the molecule is CC[C@H](CC(N)=O)c1cccc(OCc2ccccc2)c1. The first-order chi connectivity index (χ1) is 10.2. The Kier molecular flexibility index (Phi) is 5.38. The summed E-state index contributed by atoms with van der Waals surface area (Å²) in [5.41, 5.74) is 7.54. The van der Waals surface area contributed by atoms with Crippen molar-refractivity contribution < 1.29 is 9.53 Å². The van der Waals surface area contributed by atoms with Gasteiger partial charge in [0.15, 0.2) is 0 Å². The average molecular weight is 283 g/mol. The molecule has 0 spiro atoms. The topological polar surface area (TPSA) is 52.3 Å². The van der Waals surface area contributed by atoms with Gasteiger partial charge in [0.2, 0.25) is 5.91 Å². The minimum atomic E-state index is -0.266. The number of hydrogen-bond acceptors (Lipinski definition) is 2. The second-order valence-corrected chi connectivity index (χ2v) is 5.12. The van der Waals surface area contributed by atoms with E-state index in [4.69, 9.17) is 10.5 Å². The van der Waals surface area contributed by atoms with Crippen molar-refractivity contribution in [2.75, 3.05) is 0 Å². The normalized spacial score (nSPS) is 11.9. The highest BCUT2D eigenvalue weighted by Crippen LogP contribution is 2.26. The van der Waals surface area contributed by atoms with E-state index < -0.39 is 0 Å². The summed E-state index contributed by atoms with van der Waals surface area (Å²) in [5.74, 6) is 0.708. The molecule has 2 aromatic carbocycles. The van der Waals surface area contributed by atoms with E-state index in [1.165, 1.54) is 0 Å². The number of primary amides is 1. The van der Waals surface area contributed by atoms with Crippen LogP contribution in [0.3, 0.4) is 0 Å². The van der Waals surface area contributed by atoms with Crippen molar-refractivity contribution in [3.05, 3.63) is 65.7 Å². The van der Waals surface area contributed by atoms with Gasteiger partial charge in [-0.05, 0) is 35.6 Å². The maximum atomic E-state index is 11.1. The Morgan fingerprint density at radius 2 is 1.90 bits per heavy atom. The highest BCUT2D eigenvalue weighted by molar-refractivity contribution is 5.74. The van der Waals surface area contributed by atoms with Crippen LogP contribution in [0.25, 0.3) is 0 Å². The standard InChI is InChI=1S/C18H21NO2/c1-2-15(12-18(19)20)16-9-6-10-17(11-16)21-13-14-7-4-3-5-8-14/h3-11,15H,2,12-13H2,1H3,(H2,19,20)/t15-/m1/s1. The number of carbonyl (C=O) groups excluding carboxylic acids is 1. The molecule has 0 aromatic heterocycles. The first-order valence-corrected chi connectivity index (χ1v) is 7.24. The molecule has 110 valence electrons. The van der Waals surface area contributed by atoms with E-state index in [9.17, 15) is 4.79 Å². The molecular weight excluding hydrogens is 262 g/mol. The van der Waals surface area contributed by atoms with Gasteiger partial charge in [0.1, 0.15) is 12.4 Å². The predicted molar refractivity (Wildman–Crippen MR) is 84.1 cm³/mol. The number of benzene rings is 2. The molecule has 21 heavy (non-hydrogen) atoms. The Labute approximate surface area is 125 Å². The van der Waals surface area contributed by atoms with Crippen LogP contribution >= 0.6 is 0 Å². The van der Waals surface area contributed by atoms with Crippen LogP contribution in [0.5, 0.6) is 5.75 Å². The summed E-state index contributed by atoms with van der Waals surface area (Å²) >= 11 is 0. The summed E-state index contributed by atoms with van der Waals surface area (Å²) in [7, 11) is 0. The van der Waals surface area contributed by atoms with E-state index in [0.717, 1.165) is 23.3 Å². The van der Waals surface area contributed by atoms with Crippen LogP contribution in [0.2, 0.25) is 0 Å². The van der Waals surface area contributed by atoms with Gasteiger partial charge in [0.25, 0.3) is 0 Å². The third kappa shape index (κ3) is 4.63. The second kappa shape index (κ2) is 7.48. The molecule has 0 aliphatic rings. The Hall–Kier alpha value is -2.29. The quantitative estimate of drug-likeness (QED) is 0.843. The lowest BCUT2D eigenvalue weighted by atomic mass is 9.93. The van der Waals surface area contributed by atoms with E-state index in [0.29, 0.717) is 13.0 Å². The van der Waals surface area contributed by atoms with Gasteiger partial charge in [-0.3, -0.25) is 4.79 Å². The van der Waals surface area contributed by atoms with Crippen molar-refractivity contribution in [1.82, 2.24) is 0 Å². The highest BCUT2D eigenvalue weighted by Gasteiger charge is 2.13. The fraction of sp³-hybridized carbons (Fsp3) is 0.278. The Balaban J connectivity index is 2.04. The molecule has 0 fully saturated rings. The number of carbonyl (C=O) groups is 1. The predicted octanol–water partition coefficient (Wildman–Crippen LogP) is 3.63. The molecule has 3 heteroatoms. The number of rotatable bonds is 7. The molecule has 3 nitrogen and oxygen atoms in total. The molecule has 1 amide bonds. The smallest absolute Gasteiger partial charge is 0.218 e. The van der Waals surface area contributed by atoms with Crippen LogP contribution in [0.15, 0.2) is 54.6 Å². The molecule has 0 heterocycles. The van der Waals surface area contributed by atoms with Crippen LogP contribution in [0.4, 0.5) is 0 Å². The Morgan fingerprint density at radius 1 is 1.14 bits per heavy atom. The minimum Gasteiger partial charge on any atom is -0.489 e. The molecule has 0 bridgehead atoms. The first-order valence-electron chi connectivity index (χ1n) is 7.24. The Morgan fingerprint density at radius 3 is 2.57 bits per heavy atom.